The summed E-state index contributed by atoms with van der Waals surface area (Å²) in [5.74, 6) is -1.57. The minimum absolute atomic E-state index is 0. The van der Waals surface area contributed by atoms with Crippen LogP contribution in [0.3, 0.4) is 0 Å². The fourth-order valence-corrected chi connectivity index (χ4v) is 8.52. The van der Waals surface area contributed by atoms with Crippen LogP contribution in [0.25, 0.3) is 0 Å². The minimum Gasteiger partial charge on any atom is -0.528 e. The summed E-state index contributed by atoms with van der Waals surface area (Å²) in [5.41, 5.74) is -3.27. The molecule has 4 aliphatic heterocycles. The first-order valence-electron chi connectivity index (χ1n) is 10.5. The van der Waals surface area contributed by atoms with Crippen LogP contribution in [0.15, 0.2) is 0 Å². The van der Waals surface area contributed by atoms with Crippen LogP contribution in [0, 0.1) is 52.3 Å². The Kier molecular flexibility index (Phi) is 5.20. The summed E-state index contributed by atoms with van der Waals surface area (Å²) in [6, 6.07) is 0. The second-order valence-electron chi connectivity index (χ2n) is 10.8. The van der Waals surface area contributed by atoms with Crippen LogP contribution in [0.4, 0.5) is 0 Å². The number of hydrogen-bond acceptors (Lipinski definition) is 7. The number of hydrogen-bond donors (Lipinski definition) is 0. The topological polar surface area (TPSA) is 88.1 Å². The van der Waals surface area contributed by atoms with E-state index in [4.69, 9.17) is 18.9 Å². The maximum atomic E-state index is 13.5. The molecule has 6 fully saturated rings. The maximum Gasteiger partial charge on any atom is 0.311 e. The fourth-order valence-electron chi connectivity index (χ4n) is 8.52. The molecule has 6 rings (SSSR count). The molecule has 31 heavy (non-hydrogen) atoms. The van der Waals surface area contributed by atoms with Gasteiger partial charge in [-0.3, -0.25) is 14.4 Å². The summed E-state index contributed by atoms with van der Waals surface area (Å²) in [7, 11) is 0. The van der Waals surface area contributed by atoms with Crippen molar-refractivity contribution in [3.8, 4) is 0 Å². The van der Waals surface area contributed by atoms with Crippen molar-refractivity contribution in [1.29, 1.82) is 0 Å². The molecule has 4 saturated heterocycles. The van der Waals surface area contributed by atoms with E-state index in [0.29, 0.717) is 5.92 Å². The maximum absolute atomic E-state index is 13.5. The van der Waals surface area contributed by atoms with Gasteiger partial charge in [0.2, 0.25) is 6.29 Å². The second-order valence-corrected chi connectivity index (χ2v) is 10.8. The Bertz CT molecular complexity index is 888. The van der Waals surface area contributed by atoms with Gasteiger partial charge in [0.25, 0.3) is 5.97 Å². The number of carbonyl (C=O) groups excluding carboxylic acids is 3. The average molecular weight is 675 g/mol. The molecule has 4 heterocycles. The molecule has 0 bridgehead atoms. The number of carbonyl (C=O) groups is 3. The first-order valence-corrected chi connectivity index (χ1v) is 10.5. The van der Waals surface area contributed by atoms with Gasteiger partial charge in [-0.25, -0.2) is 5.92 Å². The second kappa shape index (κ2) is 6.64. The van der Waals surface area contributed by atoms with Gasteiger partial charge in [-0.15, -0.1) is 6.10 Å². The molecule has 2 saturated carbocycles. The zero-order valence-electron chi connectivity index (χ0n) is 18.5. The number of esters is 3. The van der Waals surface area contributed by atoms with Gasteiger partial charge in [-0.2, -0.15) is 0 Å². The molecule has 9 heteroatoms. The van der Waals surface area contributed by atoms with E-state index < -0.39 is 52.7 Å². The third kappa shape index (κ3) is 2.12. The monoisotopic (exact) mass is 675 g/mol. The summed E-state index contributed by atoms with van der Waals surface area (Å²) < 4.78 is 23.9. The Morgan fingerprint density at radius 1 is 1.00 bits per heavy atom. The van der Waals surface area contributed by atoms with Crippen molar-refractivity contribution in [3.05, 3.63) is 12.3 Å². The van der Waals surface area contributed by atoms with E-state index in [9.17, 15) is 14.4 Å². The van der Waals surface area contributed by atoms with Crippen LogP contribution in [0.5, 0.6) is 0 Å². The molecule has 0 aromatic heterocycles. The van der Waals surface area contributed by atoms with Gasteiger partial charge in [0.15, 0.2) is 0 Å². The van der Waals surface area contributed by atoms with E-state index in [1.807, 2.05) is 13.3 Å². The van der Waals surface area contributed by atoms with Gasteiger partial charge in [0.05, 0.1) is 12.0 Å². The molecule has 4 unspecified atom stereocenters. The third-order valence-corrected chi connectivity index (χ3v) is 8.88. The van der Waals surface area contributed by atoms with Crippen molar-refractivity contribution < 1.29 is 87.1 Å². The Hall–Kier alpha value is 0.162. The Morgan fingerprint density at radius 3 is 2.26 bits per heavy atom. The van der Waals surface area contributed by atoms with E-state index in [1.54, 1.807) is 6.92 Å². The molecular weight excluding hydrogens is 649 g/mol. The van der Waals surface area contributed by atoms with Crippen molar-refractivity contribution in [2.75, 3.05) is 0 Å². The van der Waals surface area contributed by atoms with E-state index in [0.717, 1.165) is 0 Å². The summed E-state index contributed by atoms with van der Waals surface area (Å²) in [6.07, 6.45) is 0.0757. The standard InChI is InChI=1S/C22H26O7.W.Y/c1-8-12-11(26-15(8)23)7-20-14-9(2)13(19(4,5)6)21(20)10(3)16(24)28-18(21)29-22(12,20)17(25)27-14;;/h7-11,13-14,18H,1-6H3;;/q-2;;/t8-,9-,10-,11?,13-,14?,18-,20?,21?,22+;;/m0../s1. The van der Waals surface area contributed by atoms with Gasteiger partial charge in [0, 0.05) is 64.8 Å². The van der Waals surface area contributed by atoms with Crippen molar-refractivity contribution in [3.63, 3.8) is 0 Å². The van der Waals surface area contributed by atoms with Crippen LogP contribution in [-0.4, -0.2) is 42.0 Å². The predicted octanol–water partition coefficient (Wildman–Crippen LogP) is 1.83. The molecule has 2 aliphatic carbocycles. The zero-order valence-corrected chi connectivity index (χ0v) is 24.2. The molecule has 7 nitrogen and oxygen atoms in total. The van der Waals surface area contributed by atoms with Gasteiger partial charge in [-0.1, -0.05) is 52.9 Å². The minimum atomic E-state index is -1.43. The summed E-state index contributed by atoms with van der Waals surface area (Å²) in [6.45, 7) is 12.2. The SMILES string of the molecule is C[C@@H]1C(=O)OC2[CH-]C34C5OC(=O)[C@]3(O[C@@H]3OC(=O)[C@H](C)C34[C@H](C(C)(C)C)[C@@H]5C)[C-]21.[W].[Y]. The van der Waals surface area contributed by atoms with E-state index in [-0.39, 0.29) is 83.0 Å². The van der Waals surface area contributed by atoms with Crippen LogP contribution in [-0.2, 0) is 87.1 Å². The summed E-state index contributed by atoms with van der Waals surface area (Å²) in [5, 5.41) is 0. The summed E-state index contributed by atoms with van der Waals surface area (Å²) in [4.78, 5) is 38.6. The van der Waals surface area contributed by atoms with E-state index in [1.165, 1.54) is 0 Å². The zero-order chi connectivity index (χ0) is 20.9. The molecule has 0 aromatic rings. The number of rotatable bonds is 0. The molecule has 167 valence electrons. The number of fused-ring (bicyclic) bond motifs is 1. The van der Waals surface area contributed by atoms with Crippen molar-refractivity contribution in [2.24, 2.45) is 39.9 Å². The Labute approximate surface area is 221 Å². The van der Waals surface area contributed by atoms with Gasteiger partial charge < -0.3 is 25.4 Å². The average Bonchev–Trinajstić information content (AvgIpc) is 3.30. The normalized spacial score (nSPS) is 53.6. The molecule has 1 radical (unpaired) electrons. The third-order valence-electron chi connectivity index (χ3n) is 8.88. The van der Waals surface area contributed by atoms with Gasteiger partial charge >= 0.3 is 11.9 Å². The smallest absolute Gasteiger partial charge is 0.311 e. The molecule has 6 aliphatic rings. The predicted molar refractivity (Wildman–Crippen MR) is 96.3 cm³/mol. The fraction of sp³-hybridized carbons (Fsp3) is 0.773. The van der Waals surface area contributed by atoms with Crippen molar-refractivity contribution >= 4 is 17.9 Å². The first-order chi connectivity index (χ1) is 13.5. The van der Waals surface area contributed by atoms with Gasteiger partial charge in [-0.05, 0) is 17.3 Å². The largest absolute Gasteiger partial charge is 0.528 e. The van der Waals surface area contributed by atoms with Crippen LogP contribution < -0.4 is 0 Å². The van der Waals surface area contributed by atoms with E-state index >= 15 is 0 Å². The first kappa shape index (κ1) is 24.3. The summed E-state index contributed by atoms with van der Waals surface area (Å²) >= 11 is 0. The quantitative estimate of drug-likeness (QED) is 0.220. The van der Waals surface area contributed by atoms with Crippen LogP contribution in [0.2, 0.25) is 0 Å². The molecule has 0 N–H and O–H groups in total. The van der Waals surface area contributed by atoms with E-state index in [2.05, 4.69) is 27.7 Å². The van der Waals surface area contributed by atoms with Gasteiger partial charge in [0.1, 0.15) is 0 Å². The molecule has 0 aromatic carbocycles. The number of ether oxygens (including phenoxy) is 4. The molecular formula is C22H26O7WY-2. The molecule has 2 spiro atoms. The Balaban J connectivity index is 0.00000116. The molecule has 0 amide bonds. The molecule has 10 atom stereocenters. The van der Waals surface area contributed by atoms with Crippen LogP contribution >= 0.6 is 0 Å². The van der Waals surface area contributed by atoms with Crippen molar-refractivity contribution in [1.82, 2.24) is 0 Å². The van der Waals surface area contributed by atoms with Crippen molar-refractivity contribution in [2.45, 2.75) is 65.6 Å². The van der Waals surface area contributed by atoms with Crippen LogP contribution in [0.1, 0.15) is 41.5 Å². The Morgan fingerprint density at radius 2 is 1.65 bits per heavy atom.